The van der Waals surface area contributed by atoms with E-state index in [9.17, 15) is 22.0 Å². The Kier molecular flexibility index (Phi) is 10.0. The molecular formula is C24H30F5N5O4. The van der Waals surface area contributed by atoms with Gasteiger partial charge in [0.2, 0.25) is 0 Å². The molecule has 1 aromatic heterocycles. The summed E-state index contributed by atoms with van der Waals surface area (Å²) in [4.78, 5) is 20.9. The Hall–Kier alpha value is -3.26. The second-order valence-electron chi connectivity index (χ2n) is 8.90. The summed E-state index contributed by atoms with van der Waals surface area (Å²) in [6.45, 7) is 5.65. The summed E-state index contributed by atoms with van der Waals surface area (Å²) >= 11 is 0. The second-order valence-corrected chi connectivity index (χ2v) is 8.90. The molecule has 0 spiro atoms. The van der Waals surface area contributed by atoms with Crippen LogP contribution in [0, 0.1) is 11.6 Å². The molecule has 14 heteroatoms. The van der Waals surface area contributed by atoms with E-state index < -0.39 is 23.8 Å². The maximum Gasteiger partial charge on any atom is 0.490 e. The number of ether oxygens (including phenoxy) is 2. The summed E-state index contributed by atoms with van der Waals surface area (Å²) in [6, 6.07) is 3.50. The highest BCUT2D eigenvalue weighted by molar-refractivity contribution is 5.73. The first kappa shape index (κ1) is 29.3. The van der Waals surface area contributed by atoms with E-state index in [0.29, 0.717) is 32.5 Å². The Labute approximate surface area is 216 Å². The fourth-order valence-corrected chi connectivity index (χ4v) is 4.03. The zero-order valence-corrected chi connectivity index (χ0v) is 20.9. The van der Waals surface area contributed by atoms with Crippen molar-refractivity contribution in [1.29, 1.82) is 0 Å². The quantitative estimate of drug-likeness (QED) is 0.449. The predicted molar refractivity (Wildman–Crippen MR) is 128 cm³/mol. The van der Waals surface area contributed by atoms with Gasteiger partial charge in [0.1, 0.15) is 11.9 Å². The molecule has 0 unspecified atom stereocenters. The minimum Gasteiger partial charge on any atom is -0.487 e. The molecule has 0 saturated carbocycles. The molecule has 1 saturated heterocycles. The van der Waals surface area contributed by atoms with E-state index in [4.69, 9.17) is 29.3 Å². The number of hydrogen-bond acceptors (Lipinski definition) is 8. The first-order chi connectivity index (χ1) is 18.0. The third-order valence-corrected chi connectivity index (χ3v) is 5.83. The lowest BCUT2D eigenvalue weighted by Gasteiger charge is -2.34. The molecule has 1 fully saturated rings. The van der Waals surface area contributed by atoms with Crippen LogP contribution in [0.25, 0.3) is 0 Å². The maximum atomic E-state index is 13.9. The highest BCUT2D eigenvalue weighted by Gasteiger charge is 2.38. The Bertz CT molecular complexity index is 1100. The number of fused-ring (bicyclic) bond motifs is 1. The summed E-state index contributed by atoms with van der Waals surface area (Å²) in [5.41, 5.74) is 2.01. The van der Waals surface area contributed by atoms with Gasteiger partial charge in [-0.15, -0.1) is 0 Å². The van der Waals surface area contributed by atoms with Gasteiger partial charge >= 0.3 is 12.1 Å². The molecule has 210 valence electrons. The highest BCUT2D eigenvalue weighted by atomic mass is 19.4. The van der Waals surface area contributed by atoms with E-state index in [1.165, 1.54) is 12.1 Å². The number of methoxy groups -OCH3 is 1. The maximum absolute atomic E-state index is 13.9. The lowest BCUT2D eigenvalue weighted by atomic mass is 10.1. The molecule has 2 aliphatic rings. The molecule has 2 aromatic rings. The van der Waals surface area contributed by atoms with Gasteiger partial charge in [0.25, 0.3) is 0 Å². The molecule has 1 aromatic carbocycles. The Morgan fingerprint density at radius 3 is 2.53 bits per heavy atom. The number of carbonyl (C=O) groups is 1. The number of halogens is 5. The SMILES string of the molecule is COC[C@H](C)Nc1nc2c(nc1N1CCC(Oc3ccc(F)cc3F)CC1)CCNC2.O=C(O)C(F)(F)F. The van der Waals surface area contributed by atoms with Crippen molar-refractivity contribution in [3.63, 3.8) is 0 Å². The number of nitrogens with one attached hydrogen (secondary N) is 2. The van der Waals surface area contributed by atoms with E-state index in [-0.39, 0.29) is 17.9 Å². The Morgan fingerprint density at radius 2 is 1.92 bits per heavy atom. The zero-order valence-electron chi connectivity index (χ0n) is 20.9. The van der Waals surface area contributed by atoms with Crippen LogP contribution >= 0.6 is 0 Å². The molecule has 1 atom stereocenters. The Balaban J connectivity index is 0.000000505. The standard InChI is InChI=1S/C22H29F2N5O2.C2HF3O2/c1-14(13-30-2)26-21-22(28-18-5-8-25-12-19(18)27-21)29-9-6-16(7-10-29)31-20-4-3-15(23)11-17(20)24;3-2(4,5)1(6)7/h3-4,11,14,16,25H,5-10,12-13H2,1-2H3,(H,26,27);(H,6,7)/t14-;/m0./s1. The van der Waals surface area contributed by atoms with E-state index in [2.05, 4.69) is 15.5 Å². The van der Waals surface area contributed by atoms with Crippen molar-refractivity contribution < 1.29 is 41.3 Å². The number of alkyl halides is 3. The number of aliphatic carboxylic acids is 1. The van der Waals surface area contributed by atoms with Gasteiger partial charge in [0.05, 0.1) is 18.0 Å². The summed E-state index contributed by atoms with van der Waals surface area (Å²) in [5, 5.41) is 13.9. The van der Waals surface area contributed by atoms with Gasteiger partial charge < -0.3 is 30.1 Å². The van der Waals surface area contributed by atoms with Crippen LogP contribution in [-0.2, 0) is 22.5 Å². The van der Waals surface area contributed by atoms with E-state index in [1.54, 1.807) is 7.11 Å². The molecule has 4 rings (SSSR count). The van der Waals surface area contributed by atoms with Crippen molar-refractivity contribution >= 4 is 17.6 Å². The van der Waals surface area contributed by atoms with Crippen molar-refractivity contribution in [2.45, 2.75) is 51.1 Å². The summed E-state index contributed by atoms with van der Waals surface area (Å²) < 4.78 is 69.8. The number of rotatable bonds is 7. The van der Waals surface area contributed by atoms with Gasteiger partial charge in [-0.3, -0.25) is 0 Å². The lowest BCUT2D eigenvalue weighted by molar-refractivity contribution is -0.192. The normalized spacial score (nSPS) is 16.7. The number of benzene rings is 1. The average Bonchev–Trinajstić information content (AvgIpc) is 2.86. The first-order valence-corrected chi connectivity index (χ1v) is 12.0. The molecule has 0 radical (unpaired) electrons. The summed E-state index contributed by atoms with van der Waals surface area (Å²) in [6.07, 6.45) is -2.93. The van der Waals surface area contributed by atoms with Crippen molar-refractivity contribution in [2.75, 3.05) is 43.6 Å². The van der Waals surface area contributed by atoms with Crippen LogP contribution in [0.5, 0.6) is 5.75 Å². The van der Waals surface area contributed by atoms with Gasteiger partial charge in [-0.1, -0.05) is 0 Å². The van der Waals surface area contributed by atoms with Crippen LogP contribution in [0.4, 0.5) is 33.6 Å². The highest BCUT2D eigenvalue weighted by Crippen LogP contribution is 2.30. The van der Waals surface area contributed by atoms with Crippen molar-refractivity contribution in [3.05, 3.63) is 41.2 Å². The first-order valence-electron chi connectivity index (χ1n) is 12.0. The lowest BCUT2D eigenvalue weighted by Crippen LogP contribution is -2.40. The predicted octanol–water partition coefficient (Wildman–Crippen LogP) is 3.53. The van der Waals surface area contributed by atoms with Gasteiger partial charge in [0.15, 0.2) is 23.2 Å². The average molecular weight is 548 g/mol. The van der Waals surface area contributed by atoms with Crippen LogP contribution in [-0.4, -0.2) is 72.7 Å². The van der Waals surface area contributed by atoms with Crippen LogP contribution in [0.2, 0.25) is 0 Å². The number of piperidine rings is 1. The van der Waals surface area contributed by atoms with Crippen LogP contribution in [0.15, 0.2) is 18.2 Å². The molecule has 2 aliphatic heterocycles. The molecule has 38 heavy (non-hydrogen) atoms. The zero-order chi connectivity index (χ0) is 27.9. The van der Waals surface area contributed by atoms with Crippen molar-refractivity contribution in [3.8, 4) is 5.75 Å². The van der Waals surface area contributed by atoms with Gasteiger partial charge in [-0.25, -0.2) is 23.5 Å². The van der Waals surface area contributed by atoms with Crippen molar-refractivity contribution in [1.82, 2.24) is 15.3 Å². The van der Waals surface area contributed by atoms with Crippen LogP contribution in [0.3, 0.4) is 0 Å². The number of aromatic nitrogens is 2. The number of carboxylic acid groups (broad SMARTS) is 1. The third kappa shape index (κ3) is 8.12. The number of carboxylic acids is 1. The molecule has 3 N–H and O–H groups in total. The number of nitrogens with zero attached hydrogens (tertiary/aromatic N) is 3. The van der Waals surface area contributed by atoms with Crippen LogP contribution < -0.4 is 20.3 Å². The summed E-state index contributed by atoms with van der Waals surface area (Å²) in [5.74, 6) is -2.34. The van der Waals surface area contributed by atoms with E-state index in [0.717, 1.165) is 48.6 Å². The molecule has 0 aliphatic carbocycles. The van der Waals surface area contributed by atoms with E-state index in [1.807, 2.05) is 6.92 Å². The monoisotopic (exact) mass is 547 g/mol. The number of hydrogen-bond donors (Lipinski definition) is 3. The topological polar surface area (TPSA) is 109 Å². The minimum atomic E-state index is -5.08. The van der Waals surface area contributed by atoms with Gasteiger partial charge in [0, 0.05) is 64.7 Å². The largest absolute Gasteiger partial charge is 0.490 e. The molecule has 9 nitrogen and oxygen atoms in total. The fraction of sp³-hybridized carbons (Fsp3) is 0.542. The minimum absolute atomic E-state index is 0.0926. The molecular weight excluding hydrogens is 517 g/mol. The van der Waals surface area contributed by atoms with E-state index >= 15 is 0 Å². The molecule has 0 bridgehead atoms. The summed E-state index contributed by atoms with van der Waals surface area (Å²) in [7, 11) is 1.68. The second kappa shape index (κ2) is 13.0. The van der Waals surface area contributed by atoms with Gasteiger partial charge in [-0.2, -0.15) is 13.2 Å². The van der Waals surface area contributed by atoms with Gasteiger partial charge in [-0.05, 0) is 19.1 Å². The van der Waals surface area contributed by atoms with Crippen molar-refractivity contribution in [2.24, 2.45) is 0 Å². The number of anilines is 2. The fourth-order valence-electron chi connectivity index (χ4n) is 4.03. The molecule has 3 heterocycles. The molecule has 0 amide bonds. The Morgan fingerprint density at radius 1 is 1.24 bits per heavy atom. The smallest absolute Gasteiger partial charge is 0.487 e. The third-order valence-electron chi connectivity index (χ3n) is 5.83. The van der Waals surface area contributed by atoms with Crippen LogP contribution in [0.1, 0.15) is 31.2 Å².